The van der Waals surface area contributed by atoms with Crippen molar-refractivity contribution in [1.82, 2.24) is 0 Å². The highest BCUT2D eigenvalue weighted by atomic mass is 16.3. The van der Waals surface area contributed by atoms with Gasteiger partial charge in [0.2, 0.25) is 0 Å². The van der Waals surface area contributed by atoms with Crippen LogP contribution in [0.1, 0.15) is 11.6 Å². The van der Waals surface area contributed by atoms with E-state index in [1.807, 2.05) is 30.3 Å². The van der Waals surface area contributed by atoms with Gasteiger partial charge in [0.1, 0.15) is 6.04 Å². The van der Waals surface area contributed by atoms with Crippen molar-refractivity contribution in [3.8, 4) is 0 Å². The predicted molar refractivity (Wildman–Crippen MR) is 39.2 cm³/mol. The Labute approximate surface area is 60.3 Å². The van der Waals surface area contributed by atoms with Crippen molar-refractivity contribution >= 4 is 0 Å². The highest BCUT2D eigenvalue weighted by Gasteiger charge is 2.04. The van der Waals surface area contributed by atoms with Crippen LogP contribution in [0, 0.1) is 0 Å². The van der Waals surface area contributed by atoms with Gasteiger partial charge in [0.15, 0.2) is 0 Å². The van der Waals surface area contributed by atoms with Gasteiger partial charge in [-0.3, -0.25) is 0 Å². The van der Waals surface area contributed by atoms with Gasteiger partial charge in [-0.15, -0.1) is 0 Å². The fraction of sp³-hybridized carbons (Fsp3) is 0.250. The molecule has 0 spiro atoms. The zero-order chi connectivity index (χ0) is 7.40. The Bertz CT molecular complexity index is 186. The van der Waals surface area contributed by atoms with Crippen LogP contribution in [-0.4, -0.2) is 11.7 Å². The second-order valence-electron chi connectivity index (χ2n) is 2.29. The summed E-state index contributed by atoms with van der Waals surface area (Å²) in [6.07, 6.45) is 0. The summed E-state index contributed by atoms with van der Waals surface area (Å²) in [6, 6.07) is 9.79. The molecule has 0 fully saturated rings. The largest absolute Gasteiger partial charge is 0.390 e. The van der Waals surface area contributed by atoms with Gasteiger partial charge in [-0.2, -0.15) is 0 Å². The zero-order valence-corrected chi connectivity index (χ0v) is 5.83. The van der Waals surface area contributed by atoms with Crippen molar-refractivity contribution in [2.24, 2.45) is 0 Å². The zero-order valence-electron chi connectivity index (χ0n) is 5.83. The predicted octanol–water partition coefficient (Wildman–Crippen LogP) is -0.0381. The van der Waals surface area contributed by atoms with Crippen LogP contribution in [0.4, 0.5) is 0 Å². The van der Waals surface area contributed by atoms with E-state index in [1.54, 1.807) is 0 Å². The van der Waals surface area contributed by atoms with E-state index in [1.165, 1.54) is 0 Å². The Morgan fingerprint density at radius 1 is 1.30 bits per heavy atom. The lowest BCUT2D eigenvalue weighted by Gasteiger charge is -2.02. The molecule has 0 saturated heterocycles. The first-order valence-electron chi connectivity index (χ1n) is 3.33. The molecule has 1 aromatic carbocycles. The molecule has 1 aromatic rings. The Morgan fingerprint density at radius 3 is 2.40 bits per heavy atom. The van der Waals surface area contributed by atoms with Crippen LogP contribution in [0.5, 0.6) is 0 Å². The van der Waals surface area contributed by atoms with E-state index in [4.69, 9.17) is 5.11 Å². The van der Waals surface area contributed by atoms with Crippen molar-refractivity contribution in [1.29, 1.82) is 0 Å². The molecule has 54 valence electrons. The van der Waals surface area contributed by atoms with Gasteiger partial charge in [0.05, 0.1) is 6.61 Å². The molecule has 0 aliphatic heterocycles. The fourth-order valence-electron chi connectivity index (χ4n) is 0.831. The van der Waals surface area contributed by atoms with Crippen molar-refractivity contribution in [3.63, 3.8) is 0 Å². The summed E-state index contributed by atoms with van der Waals surface area (Å²) < 4.78 is 0. The molecular formula is C8H12NO+. The molecular weight excluding hydrogens is 126 g/mol. The van der Waals surface area contributed by atoms with E-state index in [2.05, 4.69) is 5.73 Å². The van der Waals surface area contributed by atoms with E-state index in [0.29, 0.717) is 0 Å². The lowest BCUT2D eigenvalue weighted by Crippen LogP contribution is -2.55. The Kier molecular flexibility index (Phi) is 2.42. The Morgan fingerprint density at radius 2 is 1.90 bits per heavy atom. The third kappa shape index (κ3) is 1.56. The molecule has 10 heavy (non-hydrogen) atoms. The highest BCUT2D eigenvalue weighted by Crippen LogP contribution is 2.05. The maximum absolute atomic E-state index is 8.73. The summed E-state index contributed by atoms with van der Waals surface area (Å²) in [7, 11) is 0. The van der Waals surface area contributed by atoms with Crippen molar-refractivity contribution < 1.29 is 10.8 Å². The molecule has 4 N–H and O–H groups in total. The molecule has 0 aliphatic carbocycles. The molecule has 0 saturated carbocycles. The van der Waals surface area contributed by atoms with Crippen LogP contribution >= 0.6 is 0 Å². The van der Waals surface area contributed by atoms with Gasteiger partial charge in [0, 0.05) is 5.56 Å². The van der Waals surface area contributed by atoms with Gasteiger partial charge >= 0.3 is 0 Å². The first kappa shape index (κ1) is 7.25. The molecule has 1 atom stereocenters. The summed E-state index contributed by atoms with van der Waals surface area (Å²) in [5.41, 5.74) is 4.86. The third-order valence-electron chi connectivity index (χ3n) is 1.49. The molecule has 0 amide bonds. The fourth-order valence-corrected chi connectivity index (χ4v) is 0.831. The number of quaternary nitrogens is 1. The van der Waals surface area contributed by atoms with E-state index >= 15 is 0 Å². The molecule has 0 radical (unpaired) electrons. The van der Waals surface area contributed by atoms with Crippen molar-refractivity contribution in [3.05, 3.63) is 35.9 Å². The van der Waals surface area contributed by atoms with Crippen molar-refractivity contribution in [2.75, 3.05) is 6.61 Å². The minimum atomic E-state index is 0.0150. The van der Waals surface area contributed by atoms with E-state index in [-0.39, 0.29) is 12.6 Å². The molecule has 0 unspecified atom stereocenters. The minimum Gasteiger partial charge on any atom is -0.390 e. The second-order valence-corrected chi connectivity index (χ2v) is 2.29. The van der Waals surface area contributed by atoms with E-state index in [0.717, 1.165) is 5.56 Å². The number of hydrogen-bond acceptors (Lipinski definition) is 1. The maximum Gasteiger partial charge on any atom is 0.133 e. The summed E-state index contributed by atoms with van der Waals surface area (Å²) >= 11 is 0. The second kappa shape index (κ2) is 3.34. The molecule has 0 bridgehead atoms. The van der Waals surface area contributed by atoms with E-state index < -0.39 is 0 Å². The molecule has 0 aliphatic rings. The first-order valence-corrected chi connectivity index (χ1v) is 3.33. The van der Waals surface area contributed by atoms with Gasteiger partial charge in [-0.25, -0.2) is 0 Å². The van der Waals surface area contributed by atoms with Gasteiger partial charge in [-0.1, -0.05) is 30.3 Å². The maximum atomic E-state index is 8.73. The smallest absolute Gasteiger partial charge is 0.133 e. The number of hydrogen-bond donors (Lipinski definition) is 2. The monoisotopic (exact) mass is 138 g/mol. The molecule has 1 rings (SSSR count). The number of aliphatic hydroxyl groups is 1. The van der Waals surface area contributed by atoms with Crippen LogP contribution in [0.25, 0.3) is 0 Å². The molecule has 0 heterocycles. The Hall–Kier alpha value is -0.860. The quantitative estimate of drug-likeness (QED) is 0.592. The van der Waals surface area contributed by atoms with Crippen LogP contribution < -0.4 is 5.73 Å². The van der Waals surface area contributed by atoms with Crippen LogP contribution in [0.3, 0.4) is 0 Å². The molecule has 2 nitrogen and oxygen atoms in total. The standard InChI is InChI=1S/C8H11NO/c9-8(6-10)7-4-2-1-3-5-7/h1-5,8,10H,6,9H2/p+1/t8-/m0/s1. The number of benzene rings is 1. The van der Waals surface area contributed by atoms with Crippen molar-refractivity contribution in [2.45, 2.75) is 6.04 Å². The van der Waals surface area contributed by atoms with Gasteiger partial charge in [-0.05, 0) is 0 Å². The average Bonchev–Trinajstić information content (AvgIpc) is 2.05. The van der Waals surface area contributed by atoms with Crippen LogP contribution in [0.2, 0.25) is 0 Å². The molecule has 2 heteroatoms. The summed E-state index contributed by atoms with van der Waals surface area (Å²) in [5, 5.41) is 8.73. The summed E-state index contributed by atoms with van der Waals surface area (Å²) in [6.45, 7) is 0.115. The average molecular weight is 138 g/mol. The lowest BCUT2D eigenvalue weighted by atomic mass is 10.1. The SMILES string of the molecule is [NH3+][C@@H](CO)c1ccccc1. The Balaban J connectivity index is 2.75. The number of aliphatic hydroxyl groups excluding tert-OH is 1. The summed E-state index contributed by atoms with van der Waals surface area (Å²) in [5.74, 6) is 0. The normalized spacial score (nSPS) is 13.0. The van der Waals surface area contributed by atoms with Crippen LogP contribution in [0.15, 0.2) is 30.3 Å². The molecule has 0 aromatic heterocycles. The van der Waals surface area contributed by atoms with Gasteiger partial charge in [0.25, 0.3) is 0 Å². The number of rotatable bonds is 2. The minimum absolute atomic E-state index is 0.0150. The highest BCUT2D eigenvalue weighted by molar-refractivity contribution is 5.16. The summed E-state index contributed by atoms with van der Waals surface area (Å²) in [4.78, 5) is 0. The van der Waals surface area contributed by atoms with Gasteiger partial charge < -0.3 is 10.8 Å². The first-order chi connectivity index (χ1) is 4.84. The third-order valence-corrected chi connectivity index (χ3v) is 1.49. The van der Waals surface area contributed by atoms with E-state index in [9.17, 15) is 0 Å². The lowest BCUT2D eigenvalue weighted by molar-refractivity contribution is -0.432. The topological polar surface area (TPSA) is 47.9 Å². The van der Waals surface area contributed by atoms with Crippen LogP contribution in [-0.2, 0) is 0 Å².